The molecule has 0 radical (unpaired) electrons. The minimum atomic E-state index is -5.12. The number of nitro benzene ring substituents is 2. The molecule has 6 N–H and O–H groups in total. The van der Waals surface area contributed by atoms with Gasteiger partial charge in [0.15, 0.2) is 5.71 Å². The van der Waals surface area contributed by atoms with Gasteiger partial charge in [-0.25, -0.2) is 0 Å². The van der Waals surface area contributed by atoms with Gasteiger partial charge in [-0.15, -0.1) is 0 Å². The van der Waals surface area contributed by atoms with Gasteiger partial charge in [-0.05, 0) is 71.1 Å². The highest BCUT2D eigenvalue weighted by Gasteiger charge is 2.33. The van der Waals surface area contributed by atoms with E-state index >= 15 is 0 Å². The fourth-order valence-electron chi connectivity index (χ4n) is 5.17. The van der Waals surface area contributed by atoms with Crippen molar-refractivity contribution >= 4 is 111 Å². The number of Topliss-reactive ketones (excluding diaryl/α,β-unsaturated/α-hetero) is 1. The van der Waals surface area contributed by atoms with Crippen molar-refractivity contribution in [2.75, 3.05) is 16.1 Å². The number of benzene rings is 4. The largest absolute Gasteiger partial charge is 0.324 e. The lowest BCUT2D eigenvalue weighted by Gasteiger charge is -2.17. The van der Waals surface area contributed by atoms with Crippen LogP contribution in [-0.2, 0) is 30.4 Å². The van der Waals surface area contributed by atoms with E-state index < -0.39 is 83.5 Å². The molecular formula is C29H18ClN9O14S3. The second-order valence-corrected chi connectivity index (χ2v) is 15.8. The Morgan fingerprint density at radius 2 is 1.38 bits per heavy atom. The summed E-state index contributed by atoms with van der Waals surface area (Å²) in [5, 5.41) is 31.3. The monoisotopic (exact) mass is 847 g/mol. The number of hydrogen-bond donors (Lipinski definition) is 6. The quantitative estimate of drug-likeness (QED) is 0.0610. The van der Waals surface area contributed by atoms with Crippen LogP contribution in [0, 0.1) is 20.2 Å². The van der Waals surface area contributed by atoms with Crippen molar-refractivity contribution in [1.82, 2.24) is 15.0 Å². The van der Waals surface area contributed by atoms with E-state index in [0.29, 0.717) is 12.1 Å². The molecule has 1 aliphatic rings. The number of hydrogen-bond acceptors (Lipinski definition) is 18. The third kappa shape index (κ3) is 8.24. The number of fused-ring (bicyclic) bond motifs is 2. The molecule has 5 aromatic rings. The zero-order valence-corrected chi connectivity index (χ0v) is 30.3. The fourth-order valence-corrected chi connectivity index (χ4v) is 7.35. The number of rotatable bonds is 11. The van der Waals surface area contributed by atoms with Crippen LogP contribution in [0.25, 0.3) is 16.8 Å². The topological polar surface area (TPSA) is 354 Å². The molecule has 0 bridgehead atoms. The van der Waals surface area contributed by atoms with Crippen molar-refractivity contribution in [2.24, 2.45) is 5.10 Å². The summed E-state index contributed by atoms with van der Waals surface area (Å²) < 4.78 is 101. The predicted octanol–water partition coefficient (Wildman–Crippen LogP) is 4.37. The predicted molar refractivity (Wildman–Crippen MR) is 196 cm³/mol. The maximum Gasteiger partial charge on any atom is 0.301 e. The Kier molecular flexibility index (Phi) is 9.97. The summed E-state index contributed by atoms with van der Waals surface area (Å²) in [6.07, 6.45) is 0.907. The molecule has 0 aliphatic heterocycles. The molecule has 23 nitrogen and oxygen atoms in total. The summed E-state index contributed by atoms with van der Waals surface area (Å²) in [4.78, 5) is 43.9. The van der Waals surface area contributed by atoms with E-state index in [0.717, 1.165) is 24.3 Å². The van der Waals surface area contributed by atoms with E-state index in [1.807, 2.05) is 0 Å². The van der Waals surface area contributed by atoms with Crippen LogP contribution in [0.2, 0.25) is 5.28 Å². The number of nitro groups is 2. The molecule has 1 aromatic heterocycles. The molecule has 0 unspecified atom stereocenters. The van der Waals surface area contributed by atoms with E-state index in [9.17, 15) is 63.9 Å². The van der Waals surface area contributed by atoms with E-state index in [1.54, 1.807) is 0 Å². The molecule has 27 heteroatoms. The van der Waals surface area contributed by atoms with Gasteiger partial charge in [-0.3, -0.25) is 44.1 Å². The van der Waals surface area contributed by atoms with Crippen LogP contribution in [0.1, 0.15) is 15.9 Å². The molecule has 0 saturated carbocycles. The van der Waals surface area contributed by atoms with Crippen LogP contribution in [0.15, 0.2) is 86.5 Å². The van der Waals surface area contributed by atoms with Gasteiger partial charge in [-0.2, -0.15) is 45.3 Å². The number of allylic oxidation sites excluding steroid dienone is 1. The minimum absolute atomic E-state index is 0.00455. The highest BCUT2D eigenvalue weighted by molar-refractivity contribution is 7.91. The smallest absolute Gasteiger partial charge is 0.301 e. The number of nitrogens with one attached hydrogen (secondary N) is 3. The summed E-state index contributed by atoms with van der Waals surface area (Å²) in [7, 11) is -15.0. The number of carbonyl (C=O) groups is 1. The number of halogens is 1. The molecule has 0 saturated heterocycles. The highest BCUT2D eigenvalue weighted by Crippen LogP contribution is 2.33. The second kappa shape index (κ2) is 14.3. The molecule has 1 aliphatic carbocycles. The minimum Gasteiger partial charge on any atom is -0.324 e. The second-order valence-electron chi connectivity index (χ2n) is 11.2. The van der Waals surface area contributed by atoms with E-state index in [-0.39, 0.29) is 50.5 Å². The molecule has 0 spiro atoms. The fraction of sp³-hybridized carbons (Fsp3) is 0. The first-order valence-corrected chi connectivity index (χ1v) is 19.4. The molecule has 0 amide bonds. The van der Waals surface area contributed by atoms with Gasteiger partial charge in [0.25, 0.3) is 36.0 Å². The van der Waals surface area contributed by atoms with Crippen LogP contribution in [0.4, 0.5) is 40.3 Å². The Balaban J connectivity index is 1.31. The molecule has 6 rings (SSSR count). The zero-order valence-electron chi connectivity index (χ0n) is 27.0. The first-order valence-electron chi connectivity index (χ1n) is 14.7. The maximum atomic E-state index is 13.6. The van der Waals surface area contributed by atoms with Crippen molar-refractivity contribution < 1.29 is 53.6 Å². The molecule has 1 heterocycles. The Morgan fingerprint density at radius 1 is 0.732 bits per heavy atom. The van der Waals surface area contributed by atoms with E-state index in [2.05, 4.69) is 36.1 Å². The van der Waals surface area contributed by atoms with Gasteiger partial charge in [0.1, 0.15) is 15.5 Å². The van der Waals surface area contributed by atoms with Gasteiger partial charge in [0.05, 0.1) is 20.8 Å². The zero-order chi connectivity index (χ0) is 40.9. The van der Waals surface area contributed by atoms with Gasteiger partial charge >= 0.3 is 5.69 Å². The van der Waals surface area contributed by atoms with E-state index in [1.165, 1.54) is 36.4 Å². The van der Waals surface area contributed by atoms with Crippen molar-refractivity contribution in [3.05, 3.63) is 108 Å². The third-order valence-electron chi connectivity index (χ3n) is 7.57. The molecular weight excluding hydrogens is 830 g/mol. The van der Waals surface area contributed by atoms with Crippen LogP contribution in [-0.4, -0.2) is 75.2 Å². The Hall–Kier alpha value is -6.55. The lowest BCUT2D eigenvalue weighted by molar-refractivity contribution is -0.393. The summed E-state index contributed by atoms with van der Waals surface area (Å²) in [6.45, 7) is 0. The Bertz CT molecular complexity index is 2980. The van der Waals surface area contributed by atoms with Gasteiger partial charge < -0.3 is 10.6 Å². The summed E-state index contributed by atoms with van der Waals surface area (Å²) >= 11 is 6.10. The van der Waals surface area contributed by atoms with Gasteiger partial charge in [0.2, 0.25) is 23.0 Å². The third-order valence-corrected chi connectivity index (χ3v) is 10.3. The van der Waals surface area contributed by atoms with Crippen LogP contribution in [0.5, 0.6) is 0 Å². The standard InChI is InChI=1S/C29H18ClN9O14S3/c30-27-33-28(31-15-3-5-19-14(7-15)8-18(54(45,46)47)12-23(19)55(48,49)50)35-29(34-27)32-16-2-1-13-9-24(56(51,52)53)25(26(40)20(13)10-16)37-36-21-6-4-17(38(41)42)11-22(21)39(43)44/h1-12,36H,(H,45,46,47)(H,48,49,50)(H,51,52,53)(H2,31,32,33,34,35)/b37-25+. The van der Waals surface area contributed by atoms with E-state index in [4.69, 9.17) is 11.6 Å². The number of anilines is 5. The molecule has 56 heavy (non-hydrogen) atoms. The number of non-ortho nitro benzene ring substituents is 1. The highest BCUT2D eigenvalue weighted by atomic mass is 35.5. The number of aromatic nitrogens is 3. The lowest BCUT2D eigenvalue weighted by Crippen LogP contribution is -2.27. The van der Waals surface area contributed by atoms with Gasteiger partial charge in [-0.1, -0.05) is 12.1 Å². The van der Waals surface area contributed by atoms with Crippen LogP contribution in [0.3, 0.4) is 0 Å². The van der Waals surface area contributed by atoms with Gasteiger partial charge in [0, 0.05) is 28.4 Å². The number of nitrogens with zero attached hydrogens (tertiary/aromatic N) is 6. The average Bonchev–Trinajstić information content (AvgIpc) is 3.09. The lowest BCUT2D eigenvalue weighted by atomic mass is 9.94. The summed E-state index contributed by atoms with van der Waals surface area (Å²) in [5.41, 5.74) is -0.625. The number of hydrazone groups is 1. The first-order chi connectivity index (χ1) is 26.1. The first kappa shape index (κ1) is 39.2. The molecule has 4 aromatic carbocycles. The van der Waals surface area contributed by atoms with Crippen molar-refractivity contribution in [3.63, 3.8) is 0 Å². The van der Waals surface area contributed by atoms with Crippen molar-refractivity contribution in [3.8, 4) is 0 Å². The molecule has 0 atom stereocenters. The van der Waals surface area contributed by atoms with Crippen LogP contribution < -0.4 is 16.1 Å². The Morgan fingerprint density at radius 3 is 1.96 bits per heavy atom. The van der Waals surface area contributed by atoms with Crippen LogP contribution >= 0.6 is 11.6 Å². The maximum absolute atomic E-state index is 13.6. The number of ketones is 1. The van der Waals surface area contributed by atoms with Crippen molar-refractivity contribution in [2.45, 2.75) is 9.79 Å². The normalized spacial score (nSPS) is 13.9. The molecule has 288 valence electrons. The Labute approximate surface area is 317 Å². The summed E-state index contributed by atoms with van der Waals surface area (Å²) in [5.74, 6) is -1.53. The van der Waals surface area contributed by atoms with Crippen molar-refractivity contribution in [1.29, 1.82) is 0 Å². The average molecular weight is 848 g/mol. The SMILES string of the molecule is O=C1/C(=N/Nc2ccc([N+](=O)[O-])cc2[N+](=O)[O-])C(S(=O)(=O)O)=Cc2ccc(Nc3nc(Cl)nc(Nc4ccc5c(S(=O)(=O)O)cc(S(=O)(=O)O)cc5c4)n3)cc21. The summed E-state index contributed by atoms with van der Waals surface area (Å²) in [6, 6.07) is 11.6. The number of carbonyl (C=O) groups excluding carboxylic acids is 1. The molecule has 0 fully saturated rings.